The number of H-pyrrole nitrogens is 2. The molecule has 2 fully saturated rings. The van der Waals surface area contributed by atoms with E-state index in [1.165, 1.54) is 6.07 Å². The van der Waals surface area contributed by atoms with E-state index in [0.29, 0.717) is 60.2 Å². The molecule has 2 aliphatic rings. The standard InChI is InChI=1S/C20H24FN7O2.ClH/c21-13-10-14-15(11-17(13)27-6-8-30-9-7-27)24-19(23-14)18-16(12-22-26-18)25-20(29)28-4-2-1-3-5-28;/h10-12H,1-9H2,(H,22,26)(H,23,24)(H,25,29);1H. The summed E-state index contributed by atoms with van der Waals surface area (Å²) in [6, 6.07) is 3.06. The van der Waals surface area contributed by atoms with Crippen molar-refractivity contribution < 1.29 is 13.9 Å². The van der Waals surface area contributed by atoms with Crippen molar-refractivity contribution in [2.24, 2.45) is 0 Å². The van der Waals surface area contributed by atoms with Crippen LogP contribution in [0.4, 0.5) is 20.6 Å². The summed E-state index contributed by atoms with van der Waals surface area (Å²) < 4.78 is 20.1. The third-order valence-corrected chi connectivity index (χ3v) is 5.66. The Bertz CT molecular complexity index is 1060. The van der Waals surface area contributed by atoms with Crippen LogP contribution in [0.1, 0.15) is 19.3 Å². The Morgan fingerprint density at radius 2 is 1.90 bits per heavy atom. The number of nitrogens with zero attached hydrogens (tertiary/aromatic N) is 4. The summed E-state index contributed by atoms with van der Waals surface area (Å²) in [5, 5.41) is 9.86. The minimum atomic E-state index is -0.303. The Morgan fingerprint density at radius 3 is 2.68 bits per heavy atom. The van der Waals surface area contributed by atoms with E-state index in [0.717, 1.165) is 32.4 Å². The molecule has 5 rings (SSSR count). The van der Waals surface area contributed by atoms with Gasteiger partial charge in [-0.3, -0.25) is 5.10 Å². The maximum atomic E-state index is 14.7. The molecule has 9 nitrogen and oxygen atoms in total. The molecule has 166 valence electrons. The van der Waals surface area contributed by atoms with Crippen LogP contribution in [0.15, 0.2) is 18.3 Å². The monoisotopic (exact) mass is 449 g/mol. The van der Waals surface area contributed by atoms with E-state index in [1.807, 2.05) is 9.80 Å². The van der Waals surface area contributed by atoms with Gasteiger partial charge in [-0.1, -0.05) is 0 Å². The zero-order valence-corrected chi connectivity index (χ0v) is 17.8. The van der Waals surface area contributed by atoms with Crippen molar-refractivity contribution in [2.45, 2.75) is 19.3 Å². The van der Waals surface area contributed by atoms with E-state index in [4.69, 9.17) is 4.74 Å². The fourth-order valence-electron chi connectivity index (χ4n) is 4.04. The number of rotatable bonds is 3. The average Bonchev–Trinajstić information content (AvgIpc) is 3.40. The molecule has 0 aliphatic carbocycles. The van der Waals surface area contributed by atoms with Gasteiger partial charge in [0.2, 0.25) is 0 Å². The Hall–Kier alpha value is -2.85. The normalized spacial score (nSPS) is 16.9. The maximum Gasteiger partial charge on any atom is 0.321 e. The van der Waals surface area contributed by atoms with Crippen LogP contribution in [0.3, 0.4) is 0 Å². The second-order valence-corrected chi connectivity index (χ2v) is 7.64. The number of amides is 2. The number of hydrogen-bond acceptors (Lipinski definition) is 5. The topological polar surface area (TPSA) is 102 Å². The number of imidazole rings is 1. The molecule has 3 aromatic rings. The number of hydrogen-bond donors (Lipinski definition) is 3. The van der Waals surface area contributed by atoms with Gasteiger partial charge in [0.05, 0.1) is 41.8 Å². The quantitative estimate of drug-likeness (QED) is 0.569. The number of anilines is 2. The van der Waals surface area contributed by atoms with Gasteiger partial charge >= 0.3 is 6.03 Å². The van der Waals surface area contributed by atoms with E-state index in [9.17, 15) is 9.18 Å². The lowest BCUT2D eigenvalue weighted by atomic mass is 10.1. The van der Waals surface area contributed by atoms with Gasteiger partial charge in [-0.2, -0.15) is 5.10 Å². The number of aromatic amines is 2. The van der Waals surface area contributed by atoms with Crippen LogP contribution in [0.2, 0.25) is 0 Å². The van der Waals surface area contributed by atoms with Crippen LogP contribution in [0.25, 0.3) is 22.6 Å². The molecule has 2 amide bonds. The number of morpholine rings is 1. The summed E-state index contributed by atoms with van der Waals surface area (Å²) in [7, 11) is 0. The van der Waals surface area contributed by atoms with E-state index in [2.05, 4.69) is 25.5 Å². The van der Waals surface area contributed by atoms with Gasteiger partial charge in [0.15, 0.2) is 5.82 Å². The molecule has 3 N–H and O–H groups in total. The Kier molecular flexibility index (Phi) is 6.28. The summed E-state index contributed by atoms with van der Waals surface area (Å²) in [6.45, 7) is 3.97. The summed E-state index contributed by atoms with van der Waals surface area (Å²) in [5.41, 5.74) is 2.86. The molecule has 0 spiro atoms. The zero-order valence-electron chi connectivity index (χ0n) is 17.0. The fourth-order valence-corrected chi connectivity index (χ4v) is 4.04. The van der Waals surface area contributed by atoms with Gasteiger partial charge in [-0.25, -0.2) is 14.2 Å². The SMILES string of the molecule is Cl.O=C(Nc1cn[nH]c1-c1nc2cc(N3CCOCC3)c(F)cc2[nH]1)N1CCCCC1. The Morgan fingerprint density at radius 1 is 1.13 bits per heavy atom. The van der Waals surface area contributed by atoms with Gasteiger partial charge in [-0.05, 0) is 25.3 Å². The number of carbonyl (C=O) groups is 1. The van der Waals surface area contributed by atoms with Crippen LogP contribution >= 0.6 is 12.4 Å². The smallest absolute Gasteiger partial charge is 0.321 e. The van der Waals surface area contributed by atoms with Gasteiger partial charge in [0.25, 0.3) is 0 Å². The highest BCUT2D eigenvalue weighted by Gasteiger charge is 2.21. The van der Waals surface area contributed by atoms with Crippen LogP contribution in [-0.2, 0) is 4.74 Å². The minimum Gasteiger partial charge on any atom is -0.378 e. The first-order valence-corrected chi connectivity index (χ1v) is 10.3. The predicted octanol–water partition coefficient (Wildman–Crippen LogP) is 3.37. The van der Waals surface area contributed by atoms with Crippen molar-refractivity contribution in [1.82, 2.24) is 25.1 Å². The summed E-state index contributed by atoms with van der Waals surface area (Å²) in [5.74, 6) is 0.192. The van der Waals surface area contributed by atoms with Crippen molar-refractivity contribution in [3.05, 3.63) is 24.1 Å². The first kappa shape index (κ1) is 21.4. The number of nitrogens with one attached hydrogen (secondary N) is 3. The van der Waals surface area contributed by atoms with Crippen LogP contribution < -0.4 is 10.2 Å². The molecule has 0 saturated carbocycles. The second kappa shape index (κ2) is 9.11. The van der Waals surface area contributed by atoms with Crippen molar-refractivity contribution in [3.63, 3.8) is 0 Å². The van der Waals surface area contributed by atoms with Gasteiger partial charge < -0.3 is 24.8 Å². The number of benzene rings is 1. The molecule has 31 heavy (non-hydrogen) atoms. The highest BCUT2D eigenvalue weighted by atomic mass is 35.5. The first-order chi connectivity index (χ1) is 14.7. The number of likely N-dealkylation sites (tertiary alicyclic amines) is 1. The van der Waals surface area contributed by atoms with Crippen molar-refractivity contribution in [1.29, 1.82) is 0 Å². The Balaban J connectivity index is 0.00000231. The van der Waals surface area contributed by atoms with E-state index in [-0.39, 0.29) is 24.3 Å². The van der Waals surface area contributed by atoms with Crippen LogP contribution in [0.5, 0.6) is 0 Å². The maximum absolute atomic E-state index is 14.7. The number of fused-ring (bicyclic) bond motifs is 1. The molecule has 1 aromatic carbocycles. The van der Waals surface area contributed by atoms with E-state index >= 15 is 0 Å². The third kappa shape index (κ3) is 4.31. The fraction of sp³-hybridized carbons (Fsp3) is 0.450. The molecule has 11 heteroatoms. The number of piperidine rings is 1. The number of aromatic nitrogens is 4. The lowest BCUT2D eigenvalue weighted by Crippen LogP contribution is -2.38. The molecule has 0 atom stereocenters. The van der Waals surface area contributed by atoms with E-state index in [1.54, 1.807) is 12.3 Å². The molecule has 0 radical (unpaired) electrons. The highest BCUT2D eigenvalue weighted by molar-refractivity contribution is 5.93. The Labute approximate surface area is 184 Å². The number of ether oxygens (including phenoxy) is 1. The zero-order chi connectivity index (χ0) is 20.5. The van der Waals surface area contributed by atoms with Gasteiger partial charge in [0.1, 0.15) is 11.5 Å². The van der Waals surface area contributed by atoms with E-state index < -0.39 is 0 Å². The minimum absolute atomic E-state index is 0. The van der Waals surface area contributed by atoms with Crippen molar-refractivity contribution >= 4 is 40.8 Å². The number of urea groups is 1. The van der Waals surface area contributed by atoms with Gasteiger partial charge in [0, 0.05) is 32.2 Å². The molecule has 2 aromatic heterocycles. The molecule has 2 saturated heterocycles. The number of carbonyl (C=O) groups excluding carboxylic acids is 1. The molecule has 4 heterocycles. The third-order valence-electron chi connectivity index (χ3n) is 5.66. The van der Waals surface area contributed by atoms with Crippen molar-refractivity contribution in [3.8, 4) is 11.5 Å². The summed E-state index contributed by atoms with van der Waals surface area (Å²) >= 11 is 0. The lowest BCUT2D eigenvalue weighted by Gasteiger charge is -2.29. The van der Waals surface area contributed by atoms with Gasteiger partial charge in [-0.15, -0.1) is 12.4 Å². The average molecular weight is 450 g/mol. The van der Waals surface area contributed by atoms with Crippen LogP contribution in [0, 0.1) is 5.82 Å². The van der Waals surface area contributed by atoms with Crippen molar-refractivity contribution in [2.75, 3.05) is 49.6 Å². The predicted molar refractivity (Wildman–Crippen MR) is 118 cm³/mol. The number of halogens is 2. The highest BCUT2D eigenvalue weighted by Crippen LogP contribution is 2.30. The molecule has 2 aliphatic heterocycles. The van der Waals surface area contributed by atoms with Crippen LogP contribution in [-0.4, -0.2) is 70.5 Å². The first-order valence-electron chi connectivity index (χ1n) is 10.3. The molecular formula is C20H25ClFN7O2. The summed E-state index contributed by atoms with van der Waals surface area (Å²) in [6.07, 6.45) is 4.76. The largest absolute Gasteiger partial charge is 0.378 e. The molecule has 0 bridgehead atoms. The second-order valence-electron chi connectivity index (χ2n) is 7.64. The lowest BCUT2D eigenvalue weighted by molar-refractivity contribution is 0.122. The molecule has 0 unspecified atom stereocenters. The summed E-state index contributed by atoms with van der Waals surface area (Å²) in [4.78, 5) is 24.1. The molecular weight excluding hydrogens is 425 g/mol.